The van der Waals surface area contributed by atoms with Crippen LogP contribution < -0.4 is 10.1 Å². The van der Waals surface area contributed by atoms with Crippen LogP contribution in [-0.4, -0.2) is 18.7 Å². The first kappa shape index (κ1) is 25.8. The molecule has 1 N–H and O–H groups in total. The number of aliphatic imine (C=N–C) groups is 1. The Kier molecular flexibility index (Phi) is 7.35. The Bertz CT molecular complexity index is 1540. The van der Waals surface area contributed by atoms with Crippen molar-refractivity contribution < 1.29 is 9.53 Å². The average molecular weight is 521 g/mol. The number of fused-ring (bicyclic) bond motifs is 2. The minimum absolute atomic E-state index is 0.114. The second-order valence-electron chi connectivity index (χ2n) is 10.8. The predicted molar refractivity (Wildman–Crippen MR) is 159 cm³/mol. The highest BCUT2D eigenvalue weighted by Crippen LogP contribution is 2.45. The molecule has 38 heavy (non-hydrogen) atoms. The highest BCUT2D eigenvalue weighted by atomic mass is 32.1. The van der Waals surface area contributed by atoms with E-state index in [1.165, 1.54) is 4.88 Å². The number of amides is 1. The molecule has 5 heteroatoms. The number of benzene rings is 3. The number of para-hydroxylation sites is 1. The van der Waals surface area contributed by atoms with Crippen molar-refractivity contribution in [3.05, 3.63) is 88.3 Å². The number of carbonyl (C=O) groups excluding carboxylic acids is 1. The summed E-state index contributed by atoms with van der Waals surface area (Å²) in [7, 11) is 0. The van der Waals surface area contributed by atoms with Crippen molar-refractivity contribution in [2.75, 3.05) is 11.9 Å². The number of hydrogen-bond acceptors (Lipinski definition) is 4. The summed E-state index contributed by atoms with van der Waals surface area (Å²) in [6.07, 6.45) is 10.2. The molecule has 4 nitrogen and oxygen atoms in total. The highest BCUT2D eigenvalue weighted by Gasteiger charge is 2.33. The third-order valence-electron chi connectivity index (χ3n) is 7.28. The number of nitrogens with one attached hydrogen (secondary N) is 1. The number of carbonyl (C=O) groups is 1. The molecule has 1 aliphatic carbocycles. The van der Waals surface area contributed by atoms with Gasteiger partial charge in [-0.05, 0) is 65.1 Å². The lowest BCUT2D eigenvalue weighted by Crippen LogP contribution is -2.27. The Hall–Kier alpha value is -3.88. The number of terminal acetylenes is 1. The topological polar surface area (TPSA) is 50.7 Å². The van der Waals surface area contributed by atoms with E-state index in [-0.39, 0.29) is 17.9 Å². The summed E-state index contributed by atoms with van der Waals surface area (Å²) in [5.41, 5.74) is 3.66. The zero-order valence-electron chi connectivity index (χ0n) is 22.1. The van der Waals surface area contributed by atoms with Gasteiger partial charge >= 0.3 is 0 Å². The molecule has 0 saturated heterocycles. The molecule has 5 rings (SSSR count). The van der Waals surface area contributed by atoms with Crippen molar-refractivity contribution in [2.24, 2.45) is 16.3 Å². The zero-order chi connectivity index (χ0) is 26.7. The molecular weight excluding hydrogens is 488 g/mol. The van der Waals surface area contributed by atoms with Crippen molar-refractivity contribution in [1.29, 1.82) is 0 Å². The Morgan fingerprint density at radius 2 is 1.89 bits per heavy atom. The molecule has 0 spiro atoms. The van der Waals surface area contributed by atoms with Crippen molar-refractivity contribution >= 4 is 44.9 Å². The van der Waals surface area contributed by atoms with Crippen molar-refractivity contribution in [3.8, 4) is 18.1 Å². The highest BCUT2D eigenvalue weighted by molar-refractivity contribution is 7.16. The zero-order valence-corrected chi connectivity index (χ0v) is 22.9. The second kappa shape index (κ2) is 10.8. The van der Waals surface area contributed by atoms with Crippen LogP contribution in [0.1, 0.15) is 53.6 Å². The third kappa shape index (κ3) is 5.37. The number of anilines is 1. The van der Waals surface area contributed by atoms with Gasteiger partial charge in [-0.25, -0.2) is 4.99 Å². The molecule has 1 aromatic heterocycles. The van der Waals surface area contributed by atoms with Gasteiger partial charge in [0.1, 0.15) is 17.4 Å². The van der Waals surface area contributed by atoms with E-state index in [2.05, 4.69) is 44.1 Å². The summed E-state index contributed by atoms with van der Waals surface area (Å²) >= 11 is 1.64. The molecule has 4 aromatic rings. The van der Waals surface area contributed by atoms with Crippen LogP contribution >= 0.6 is 11.3 Å². The Labute approximate surface area is 228 Å². The normalized spacial score (nSPS) is 15.3. The van der Waals surface area contributed by atoms with E-state index in [1.807, 2.05) is 60.8 Å². The maximum atomic E-state index is 13.7. The molecule has 1 aliphatic rings. The lowest BCUT2D eigenvalue weighted by molar-refractivity contribution is 0.102. The SMILES string of the molecule is C#CCOc1ccc2ccccc2c1C=Nc1sc2c(c1C(=O)Nc1ccccc1)CC[C@@H](C(C)(C)C)C2. The molecule has 0 bridgehead atoms. The van der Waals surface area contributed by atoms with Crippen LogP contribution in [0, 0.1) is 23.7 Å². The van der Waals surface area contributed by atoms with E-state index in [4.69, 9.17) is 16.2 Å². The standard InChI is InChI=1S/C33H32N2O2S/c1-5-19-37-28-18-15-22-11-9-10-14-25(22)27(28)21-34-32-30(31(36)35-24-12-7-6-8-13-24)26-17-16-23(33(2,3)4)20-29(26)38-32/h1,6-15,18,21,23H,16-17,19-20H2,2-4H3,(H,35,36)/t23-/m1/s1. The summed E-state index contributed by atoms with van der Waals surface area (Å²) < 4.78 is 5.87. The molecule has 0 saturated carbocycles. The van der Waals surface area contributed by atoms with E-state index in [0.717, 1.165) is 51.9 Å². The van der Waals surface area contributed by atoms with Crippen LogP contribution in [0.15, 0.2) is 71.7 Å². The summed E-state index contributed by atoms with van der Waals surface area (Å²) in [5, 5.41) is 5.93. The van der Waals surface area contributed by atoms with E-state index in [9.17, 15) is 4.79 Å². The maximum absolute atomic E-state index is 13.7. The van der Waals surface area contributed by atoms with Gasteiger partial charge in [-0.1, -0.05) is 75.2 Å². The van der Waals surface area contributed by atoms with Crippen LogP contribution in [0.5, 0.6) is 5.75 Å². The molecule has 1 atom stereocenters. The summed E-state index contributed by atoms with van der Waals surface area (Å²) in [6.45, 7) is 7.08. The molecule has 0 radical (unpaired) electrons. The Balaban J connectivity index is 1.58. The van der Waals surface area contributed by atoms with Crippen molar-refractivity contribution in [3.63, 3.8) is 0 Å². The Morgan fingerprint density at radius 1 is 1.13 bits per heavy atom. The first-order valence-electron chi connectivity index (χ1n) is 13.0. The monoisotopic (exact) mass is 520 g/mol. The fourth-order valence-electron chi connectivity index (χ4n) is 5.13. The van der Waals surface area contributed by atoms with Gasteiger partial charge in [-0.15, -0.1) is 17.8 Å². The average Bonchev–Trinajstić information content (AvgIpc) is 3.28. The van der Waals surface area contributed by atoms with Gasteiger partial charge in [0.2, 0.25) is 0 Å². The number of hydrogen-bond donors (Lipinski definition) is 1. The number of thiophene rings is 1. The molecule has 0 unspecified atom stereocenters. The van der Waals surface area contributed by atoms with Gasteiger partial charge in [0.15, 0.2) is 0 Å². The summed E-state index contributed by atoms with van der Waals surface area (Å²) in [6, 6.07) is 21.7. The molecule has 0 aliphatic heterocycles. The lowest BCUT2D eigenvalue weighted by atomic mass is 9.72. The summed E-state index contributed by atoms with van der Waals surface area (Å²) in [5.74, 6) is 3.67. The van der Waals surface area contributed by atoms with Crippen LogP contribution in [0.3, 0.4) is 0 Å². The van der Waals surface area contributed by atoms with Gasteiger partial charge in [0.05, 0.1) is 5.56 Å². The molecule has 0 fully saturated rings. The van der Waals surface area contributed by atoms with Crippen LogP contribution in [0.4, 0.5) is 10.7 Å². The third-order valence-corrected chi connectivity index (χ3v) is 8.45. The minimum Gasteiger partial charge on any atom is -0.480 e. The summed E-state index contributed by atoms with van der Waals surface area (Å²) in [4.78, 5) is 19.9. The number of rotatable bonds is 6. The first-order chi connectivity index (χ1) is 18.3. The van der Waals surface area contributed by atoms with Crippen LogP contribution in [-0.2, 0) is 12.8 Å². The van der Waals surface area contributed by atoms with Crippen LogP contribution in [0.25, 0.3) is 10.8 Å². The van der Waals surface area contributed by atoms with E-state index < -0.39 is 0 Å². The fourth-order valence-corrected chi connectivity index (χ4v) is 6.40. The van der Waals surface area contributed by atoms with Crippen LogP contribution in [0.2, 0.25) is 0 Å². The first-order valence-corrected chi connectivity index (χ1v) is 13.8. The largest absolute Gasteiger partial charge is 0.480 e. The predicted octanol–water partition coefficient (Wildman–Crippen LogP) is 8.07. The second-order valence-corrected chi connectivity index (χ2v) is 11.8. The Morgan fingerprint density at radius 3 is 2.66 bits per heavy atom. The lowest BCUT2D eigenvalue weighted by Gasteiger charge is -2.33. The van der Waals surface area contributed by atoms with E-state index in [0.29, 0.717) is 17.2 Å². The van der Waals surface area contributed by atoms with Crippen molar-refractivity contribution in [1.82, 2.24) is 0 Å². The molecule has 3 aromatic carbocycles. The molecule has 192 valence electrons. The molecular formula is C33H32N2O2S. The van der Waals surface area contributed by atoms with Gasteiger partial charge in [-0.2, -0.15) is 0 Å². The van der Waals surface area contributed by atoms with Crippen molar-refractivity contribution in [2.45, 2.75) is 40.0 Å². The number of nitrogens with zero attached hydrogens (tertiary/aromatic N) is 1. The quantitative estimate of drug-likeness (QED) is 0.206. The smallest absolute Gasteiger partial charge is 0.259 e. The van der Waals surface area contributed by atoms with E-state index in [1.54, 1.807) is 11.3 Å². The van der Waals surface area contributed by atoms with Gasteiger partial charge in [0, 0.05) is 22.3 Å². The fraction of sp³-hybridized carbons (Fsp3) is 0.273. The van der Waals surface area contributed by atoms with Gasteiger partial charge < -0.3 is 10.1 Å². The van der Waals surface area contributed by atoms with Gasteiger partial charge in [0.25, 0.3) is 5.91 Å². The van der Waals surface area contributed by atoms with Gasteiger partial charge in [-0.3, -0.25) is 4.79 Å². The minimum atomic E-state index is -0.114. The molecule has 1 amide bonds. The number of ether oxygens (including phenoxy) is 1. The van der Waals surface area contributed by atoms with E-state index >= 15 is 0 Å². The maximum Gasteiger partial charge on any atom is 0.259 e. The molecule has 1 heterocycles.